The van der Waals surface area contributed by atoms with Crippen molar-refractivity contribution in [3.05, 3.63) is 60.7 Å². The molecular formula is C18H20Cl4NiO6P2. The molecule has 0 radical (unpaired) electrons. The van der Waals surface area contributed by atoms with Gasteiger partial charge in [0.15, 0.2) is 0 Å². The zero-order valence-corrected chi connectivity index (χ0v) is 21.7. The molecule has 31 heavy (non-hydrogen) atoms. The van der Waals surface area contributed by atoms with Crippen LogP contribution < -0.4 is 18.8 Å². The van der Waals surface area contributed by atoms with Gasteiger partial charge < -0.3 is 27.9 Å². The molecule has 4 unspecified atom stereocenters. The SMILES string of the molecule is [Ni+2].[O-]P(OCC(Cl)CCl)Oc1ccccc1.[O-]P(OCC(Cl)CCl)Oc1ccccc1. The summed E-state index contributed by atoms with van der Waals surface area (Å²) in [4.78, 5) is 22.5. The van der Waals surface area contributed by atoms with Crippen LogP contribution in [0.25, 0.3) is 0 Å². The molecule has 0 saturated carbocycles. The van der Waals surface area contributed by atoms with Crippen molar-refractivity contribution in [1.82, 2.24) is 0 Å². The zero-order chi connectivity index (χ0) is 22.2. The first-order valence-corrected chi connectivity index (χ1v) is 12.6. The molecule has 0 aliphatic carbocycles. The molecule has 176 valence electrons. The van der Waals surface area contributed by atoms with Gasteiger partial charge in [0, 0.05) is 11.8 Å². The van der Waals surface area contributed by atoms with E-state index in [1.165, 1.54) is 0 Å². The molecule has 6 nitrogen and oxygen atoms in total. The zero-order valence-electron chi connectivity index (χ0n) is 15.9. The van der Waals surface area contributed by atoms with Gasteiger partial charge >= 0.3 is 16.5 Å². The van der Waals surface area contributed by atoms with Gasteiger partial charge in [-0.05, 0) is 24.3 Å². The average Bonchev–Trinajstić information content (AvgIpc) is 2.77. The third-order valence-corrected chi connectivity index (χ3v) is 5.96. The number of para-hydroxylation sites is 2. The van der Waals surface area contributed by atoms with Crippen molar-refractivity contribution >= 4 is 63.6 Å². The Hall–Kier alpha value is 0.394. The third kappa shape index (κ3) is 16.6. The average molecular weight is 595 g/mol. The minimum absolute atomic E-state index is 0. The van der Waals surface area contributed by atoms with E-state index in [0.717, 1.165) is 0 Å². The Labute approximate surface area is 215 Å². The summed E-state index contributed by atoms with van der Waals surface area (Å²) in [6.07, 6.45) is 0. The van der Waals surface area contributed by atoms with Gasteiger partial charge in [0.2, 0.25) is 0 Å². The molecule has 4 atom stereocenters. The Morgan fingerprint density at radius 2 is 1.00 bits per heavy atom. The van der Waals surface area contributed by atoms with Crippen LogP contribution in [0.4, 0.5) is 0 Å². The summed E-state index contributed by atoms with van der Waals surface area (Å²) < 4.78 is 19.7. The van der Waals surface area contributed by atoms with Crippen LogP contribution in [0.2, 0.25) is 0 Å². The van der Waals surface area contributed by atoms with Gasteiger partial charge in [-0.25, -0.2) is 0 Å². The van der Waals surface area contributed by atoms with Gasteiger partial charge in [-0.2, -0.15) is 0 Å². The topological polar surface area (TPSA) is 83.0 Å². The fourth-order valence-corrected chi connectivity index (χ4v) is 3.34. The standard InChI is InChI=1S/2C9H10Cl2O3P.Ni/c2*10-6-8(11)7-13-15(12)14-9-4-2-1-3-5-9;/h2*1-5,8H,6-7H2;/q2*-1;+2. The van der Waals surface area contributed by atoms with Crippen molar-refractivity contribution in [2.75, 3.05) is 25.0 Å². The van der Waals surface area contributed by atoms with Crippen LogP contribution in [-0.4, -0.2) is 35.7 Å². The summed E-state index contributed by atoms with van der Waals surface area (Å²) in [5.74, 6) is 1.48. The van der Waals surface area contributed by atoms with Gasteiger partial charge in [0.05, 0.1) is 24.0 Å². The van der Waals surface area contributed by atoms with Crippen LogP contribution in [0.1, 0.15) is 0 Å². The van der Waals surface area contributed by atoms with Crippen LogP contribution in [0.15, 0.2) is 60.7 Å². The summed E-state index contributed by atoms with van der Waals surface area (Å²) in [6.45, 7) is 0.209. The van der Waals surface area contributed by atoms with E-state index < -0.39 is 17.2 Å². The number of halogens is 4. The van der Waals surface area contributed by atoms with Crippen molar-refractivity contribution < 1.29 is 44.4 Å². The predicted octanol–water partition coefficient (Wildman–Crippen LogP) is 5.03. The Kier molecular flexibility index (Phi) is 20.1. The molecule has 0 aromatic heterocycles. The molecule has 0 heterocycles. The Morgan fingerprint density at radius 3 is 1.29 bits per heavy atom. The van der Waals surface area contributed by atoms with Crippen LogP contribution in [0, 0.1) is 0 Å². The number of hydrogen-bond donors (Lipinski definition) is 0. The van der Waals surface area contributed by atoms with E-state index in [4.69, 9.17) is 64.5 Å². The van der Waals surface area contributed by atoms with Crippen LogP contribution in [0.3, 0.4) is 0 Å². The van der Waals surface area contributed by atoms with Crippen LogP contribution in [0.5, 0.6) is 11.5 Å². The van der Waals surface area contributed by atoms with Crippen molar-refractivity contribution in [3.8, 4) is 11.5 Å². The first-order chi connectivity index (χ1) is 14.4. The predicted molar refractivity (Wildman–Crippen MR) is 121 cm³/mol. The maximum absolute atomic E-state index is 11.2. The molecule has 0 spiro atoms. The van der Waals surface area contributed by atoms with Gasteiger partial charge in [-0.3, -0.25) is 0 Å². The maximum Gasteiger partial charge on any atom is 2.00 e. The molecule has 2 rings (SSSR count). The first-order valence-electron chi connectivity index (χ1n) is 8.51. The molecule has 0 saturated heterocycles. The molecule has 0 bridgehead atoms. The third-order valence-electron chi connectivity index (χ3n) is 2.90. The molecule has 0 aliphatic heterocycles. The molecule has 0 amide bonds. The minimum Gasteiger partial charge on any atom is -0.776 e. The summed E-state index contributed by atoms with van der Waals surface area (Å²) >= 11 is 22.2. The van der Waals surface area contributed by atoms with Gasteiger partial charge in [-0.1, -0.05) is 36.4 Å². The van der Waals surface area contributed by atoms with Crippen molar-refractivity contribution in [3.63, 3.8) is 0 Å². The number of rotatable bonds is 12. The van der Waals surface area contributed by atoms with Crippen molar-refractivity contribution in [1.29, 1.82) is 0 Å². The van der Waals surface area contributed by atoms with Gasteiger partial charge in [-0.15, -0.1) is 46.4 Å². The molecule has 0 aliphatic rings. The Bertz CT molecular complexity index is 611. The molecule has 2 aromatic carbocycles. The molecular weight excluding hydrogens is 575 g/mol. The van der Waals surface area contributed by atoms with Crippen LogP contribution >= 0.6 is 63.6 Å². The van der Waals surface area contributed by atoms with E-state index in [-0.39, 0.29) is 52.2 Å². The molecule has 0 fully saturated rings. The fourth-order valence-electron chi connectivity index (χ4n) is 1.56. The Morgan fingerprint density at radius 1 is 0.677 bits per heavy atom. The fraction of sp³-hybridized carbons (Fsp3) is 0.333. The second-order valence-electron chi connectivity index (χ2n) is 5.35. The van der Waals surface area contributed by atoms with E-state index in [1.807, 2.05) is 12.1 Å². The summed E-state index contributed by atoms with van der Waals surface area (Å²) in [6, 6.07) is 17.6. The molecule has 13 heteroatoms. The second-order valence-corrected chi connectivity index (χ2v) is 8.98. The normalized spacial score (nSPS) is 14.1. The molecule has 2 aromatic rings. The monoisotopic (exact) mass is 592 g/mol. The van der Waals surface area contributed by atoms with Crippen molar-refractivity contribution in [2.45, 2.75) is 10.8 Å². The number of benzene rings is 2. The van der Waals surface area contributed by atoms with E-state index >= 15 is 0 Å². The number of hydrogen-bond acceptors (Lipinski definition) is 6. The summed E-state index contributed by atoms with van der Waals surface area (Å²) in [5, 5.41) is -0.713. The van der Waals surface area contributed by atoms with Gasteiger partial charge in [0.1, 0.15) is 28.7 Å². The van der Waals surface area contributed by atoms with E-state index in [2.05, 4.69) is 0 Å². The summed E-state index contributed by atoms with van der Waals surface area (Å²) in [5.41, 5.74) is 0. The minimum atomic E-state index is -2.19. The first kappa shape index (κ1) is 31.4. The quantitative estimate of drug-likeness (QED) is 0.195. The second kappa shape index (κ2) is 19.8. The largest absolute Gasteiger partial charge is 2.00 e. The van der Waals surface area contributed by atoms with E-state index in [0.29, 0.717) is 11.5 Å². The Balaban J connectivity index is 0.000000562. The van der Waals surface area contributed by atoms with Crippen LogP contribution in [-0.2, 0) is 25.5 Å². The van der Waals surface area contributed by atoms with E-state index in [9.17, 15) is 9.79 Å². The maximum atomic E-state index is 11.2. The molecule has 0 N–H and O–H groups in total. The van der Waals surface area contributed by atoms with E-state index in [1.54, 1.807) is 48.5 Å². The van der Waals surface area contributed by atoms with Crippen molar-refractivity contribution in [2.24, 2.45) is 0 Å². The summed E-state index contributed by atoms with van der Waals surface area (Å²) in [7, 11) is -4.38. The number of alkyl halides is 4. The smallest absolute Gasteiger partial charge is 0.776 e. The van der Waals surface area contributed by atoms with Gasteiger partial charge in [0.25, 0.3) is 0 Å².